The highest BCUT2D eigenvalue weighted by molar-refractivity contribution is 7.90. The summed E-state index contributed by atoms with van der Waals surface area (Å²) in [5, 5.41) is 5.58. The first-order chi connectivity index (χ1) is 16.8. The van der Waals surface area contributed by atoms with Crippen LogP contribution in [0.25, 0.3) is 0 Å². The molecular weight excluding hydrogens is 476 g/mol. The fourth-order valence-electron chi connectivity index (χ4n) is 3.83. The molecule has 5 rings (SSSR count). The Kier molecular flexibility index (Phi) is 5.73. The van der Waals surface area contributed by atoms with Crippen molar-refractivity contribution in [3.05, 3.63) is 78.1 Å². The normalized spacial score (nSPS) is 20.3. The minimum absolute atomic E-state index is 0.0430. The fraction of sp³-hybridized carbons (Fsp3) is 0.217. The number of carbonyl (C=O) groups is 2. The third-order valence-corrected chi connectivity index (χ3v) is 6.90. The van der Waals surface area contributed by atoms with Crippen LogP contribution >= 0.6 is 0 Å². The molecule has 1 amide bonds. The summed E-state index contributed by atoms with van der Waals surface area (Å²) >= 11 is 0. The third-order valence-electron chi connectivity index (χ3n) is 5.51. The first-order valence-corrected chi connectivity index (χ1v) is 12.2. The van der Waals surface area contributed by atoms with Gasteiger partial charge >= 0.3 is 5.97 Å². The van der Waals surface area contributed by atoms with E-state index < -0.39 is 40.6 Å². The van der Waals surface area contributed by atoms with E-state index >= 15 is 0 Å². The van der Waals surface area contributed by atoms with Gasteiger partial charge in [-0.15, -0.1) is 0 Å². The van der Waals surface area contributed by atoms with Gasteiger partial charge in [0.15, 0.2) is 6.61 Å². The van der Waals surface area contributed by atoms with E-state index in [2.05, 4.69) is 14.8 Å². The number of benzene rings is 1. The Labute approximate surface area is 200 Å². The van der Waals surface area contributed by atoms with Gasteiger partial charge in [0.2, 0.25) is 0 Å². The molecule has 0 radical (unpaired) electrons. The summed E-state index contributed by atoms with van der Waals surface area (Å²) in [7, 11) is -3.74. The smallest absolute Gasteiger partial charge is 0.331 e. The van der Waals surface area contributed by atoms with E-state index in [9.17, 15) is 18.0 Å². The van der Waals surface area contributed by atoms with Crippen molar-refractivity contribution in [2.75, 3.05) is 6.61 Å². The monoisotopic (exact) mass is 496 g/mol. The molecule has 180 valence electrons. The lowest BCUT2D eigenvalue weighted by Gasteiger charge is -2.20. The predicted octanol–water partition coefficient (Wildman–Crippen LogP) is 2.22. The van der Waals surface area contributed by atoms with Gasteiger partial charge in [-0.3, -0.25) is 14.5 Å². The second kappa shape index (κ2) is 8.87. The van der Waals surface area contributed by atoms with Crippen molar-refractivity contribution in [1.29, 1.82) is 0 Å². The van der Waals surface area contributed by atoms with Gasteiger partial charge in [-0.05, 0) is 43.3 Å². The lowest BCUT2D eigenvalue weighted by Crippen LogP contribution is -2.33. The Morgan fingerprint density at radius 3 is 2.69 bits per heavy atom. The summed E-state index contributed by atoms with van der Waals surface area (Å²) in [6, 6.07) is 11.6. The highest BCUT2D eigenvalue weighted by Crippen LogP contribution is 2.33. The zero-order chi connectivity index (χ0) is 24.6. The van der Waals surface area contributed by atoms with Crippen molar-refractivity contribution >= 4 is 33.4 Å². The van der Waals surface area contributed by atoms with Crippen LogP contribution in [0.3, 0.4) is 0 Å². The summed E-state index contributed by atoms with van der Waals surface area (Å²) in [6.07, 6.45) is 3.38. The molecule has 3 aromatic rings. The van der Waals surface area contributed by atoms with Crippen molar-refractivity contribution in [3.8, 4) is 0 Å². The average Bonchev–Trinajstić information content (AvgIpc) is 3.64. The standard InChI is InChI=1S/C23H20N4O7S/c1-14(24-22-15-6-2-3-9-20(15)35(30,31)26-22)23(29)34-13-21(28)27-17(19-8-5-11-33-19)12-16(25-27)18-7-4-10-32-18/h2-11,14,17H,12-13H2,1H3,(H,24,26)/t14-,17?/m0/s1. The number of aliphatic imine (C=N–C) groups is 1. The number of hydrogen-bond acceptors (Lipinski definition) is 9. The summed E-state index contributed by atoms with van der Waals surface area (Å²) in [4.78, 5) is 29.7. The fourth-order valence-corrected chi connectivity index (χ4v) is 5.07. The molecule has 0 bridgehead atoms. The number of nitrogens with zero attached hydrogens (tertiary/aromatic N) is 3. The van der Waals surface area contributed by atoms with E-state index in [0.717, 1.165) is 0 Å². The SMILES string of the molecule is C[C@H](N=C1NS(=O)(=O)c2ccccc21)C(=O)OCC(=O)N1N=C(c2ccco2)CC1c1ccco1. The number of carbonyl (C=O) groups excluding carboxylic acids is 2. The van der Waals surface area contributed by atoms with E-state index in [-0.39, 0.29) is 10.7 Å². The van der Waals surface area contributed by atoms with Crippen LogP contribution in [-0.4, -0.2) is 49.5 Å². The Morgan fingerprint density at radius 1 is 1.17 bits per heavy atom. The van der Waals surface area contributed by atoms with Gasteiger partial charge in [0, 0.05) is 12.0 Å². The molecule has 0 fully saturated rings. The zero-order valence-corrected chi connectivity index (χ0v) is 19.3. The molecule has 11 nitrogen and oxygen atoms in total. The number of sulfonamides is 1. The Hall–Kier alpha value is -4.19. The minimum Gasteiger partial charge on any atom is -0.467 e. The number of furan rings is 2. The number of fused-ring (bicyclic) bond motifs is 1. The van der Waals surface area contributed by atoms with Crippen molar-refractivity contribution < 1.29 is 31.6 Å². The zero-order valence-electron chi connectivity index (χ0n) is 18.5. The number of amidine groups is 1. The molecule has 1 aromatic carbocycles. The summed E-state index contributed by atoms with van der Waals surface area (Å²) in [5.74, 6) is -0.257. The molecule has 4 heterocycles. The van der Waals surface area contributed by atoms with Gasteiger partial charge in [-0.25, -0.2) is 18.2 Å². The Morgan fingerprint density at radius 2 is 1.94 bits per heavy atom. The number of amides is 1. The first-order valence-electron chi connectivity index (χ1n) is 10.7. The van der Waals surface area contributed by atoms with Gasteiger partial charge in [0.05, 0.1) is 17.4 Å². The van der Waals surface area contributed by atoms with Crippen LogP contribution in [0.4, 0.5) is 0 Å². The Bertz CT molecular complexity index is 1430. The van der Waals surface area contributed by atoms with Crippen LogP contribution in [0.1, 0.15) is 36.5 Å². The van der Waals surface area contributed by atoms with Crippen molar-refractivity contribution in [2.45, 2.75) is 30.3 Å². The van der Waals surface area contributed by atoms with Gasteiger partial charge in [0.25, 0.3) is 15.9 Å². The third kappa shape index (κ3) is 4.35. The predicted molar refractivity (Wildman–Crippen MR) is 122 cm³/mol. The number of rotatable bonds is 6. The second-order valence-corrected chi connectivity index (χ2v) is 9.51. The van der Waals surface area contributed by atoms with Gasteiger partial charge in [0.1, 0.15) is 35.2 Å². The van der Waals surface area contributed by atoms with E-state index in [0.29, 0.717) is 29.2 Å². The van der Waals surface area contributed by atoms with E-state index in [1.165, 1.54) is 30.5 Å². The highest BCUT2D eigenvalue weighted by atomic mass is 32.2. The molecule has 2 aliphatic heterocycles. The summed E-state index contributed by atoms with van der Waals surface area (Å²) in [6.45, 7) is 0.867. The van der Waals surface area contributed by atoms with E-state index in [1.54, 1.807) is 42.5 Å². The van der Waals surface area contributed by atoms with Crippen LogP contribution in [0.15, 0.2) is 84.9 Å². The van der Waals surface area contributed by atoms with Crippen LogP contribution < -0.4 is 4.72 Å². The van der Waals surface area contributed by atoms with Crippen molar-refractivity contribution in [2.24, 2.45) is 10.1 Å². The minimum atomic E-state index is -3.74. The van der Waals surface area contributed by atoms with E-state index in [1.807, 2.05) is 0 Å². The molecule has 0 aliphatic carbocycles. The number of hydrazone groups is 1. The quantitative estimate of drug-likeness (QED) is 0.515. The summed E-state index contributed by atoms with van der Waals surface area (Å²) < 4.78 is 42.8. The number of ether oxygens (including phenoxy) is 1. The van der Waals surface area contributed by atoms with Crippen molar-refractivity contribution in [3.63, 3.8) is 0 Å². The molecule has 2 atom stereocenters. The van der Waals surface area contributed by atoms with Gasteiger partial charge < -0.3 is 13.6 Å². The average molecular weight is 497 g/mol. The molecule has 12 heteroatoms. The molecule has 1 N–H and O–H groups in total. The first kappa shape index (κ1) is 22.6. The molecule has 1 unspecified atom stereocenters. The van der Waals surface area contributed by atoms with E-state index in [4.69, 9.17) is 13.6 Å². The molecule has 0 saturated carbocycles. The lowest BCUT2D eigenvalue weighted by molar-refractivity contribution is -0.153. The molecular formula is C23H20N4O7S. The summed E-state index contributed by atoms with van der Waals surface area (Å²) in [5.41, 5.74) is 0.921. The largest absolute Gasteiger partial charge is 0.467 e. The maximum absolute atomic E-state index is 12.9. The van der Waals surface area contributed by atoms with Crippen LogP contribution in [0.2, 0.25) is 0 Å². The molecule has 35 heavy (non-hydrogen) atoms. The maximum atomic E-state index is 12.9. The second-order valence-electron chi connectivity index (χ2n) is 7.86. The van der Waals surface area contributed by atoms with Gasteiger partial charge in [-0.1, -0.05) is 12.1 Å². The van der Waals surface area contributed by atoms with Crippen molar-refractivity contribution in [1.82, 2.24) is 9.73 Å². The number of nitrogens with one attached hydrogen (secondary N) is 1. The Balaban J connectivity index is 1.28. The highest BCUT2D eigenvalue weighted by Gasteiger charge is 2.36. The molecule has 2 aliphatic rings. The molecule has 0 saturated heterocycles. The van der Waals surface area contributed by atoms with Crippen LogP contribution in [-0.2, 0) is 24.3 Å². The molecule has 2 aromatic heterocycles. The maximum Gasteiger partial charge on any atom is 0.331 e. The molecule has 0 spiro atoms. The van der Waals surface area contributed by atoms with Crippen LogP contribution in [0.5, 0.6) is 0 Å². The lowest BCUT2D eigenvalue weighted by atomic mass is 10.1. The number of hydrogen-bond donors (Lipinski definition) is 1. The topological polar surface area (TPSA) is 144 Å². The van der Waals surface area contributed by atoms with Crippen LogP contribution in [0, 0.1) is 0 Å². The number of esters is 1. The van der Waals surface area contributed by atoms with Gasteiger partial charge in [-0.2, -0.15) is 5.10 Å².